The molecule has 4 rings (SSSR count). The number of hydrogen-bond donors (Lipinski definition) is 4. The molecule has 2 saturated carbocycles. The van der Waals surface area contributed by atoms with Crippen LogP contribution in [-0.2, 0) is 33.4 Å². The molecule has 8 atom stereocenters. The summed E-state index contributed by atoms with van der Waals surface area (Å²) in [7, 11) is 0. The molecular formula is C42H64N6O9. The van der Waals surface area contributed by atoms with Gasteiger partial charge in [0.1, 0.15) is 11.1 Å². The highest BCUT2D eigenvalue weighted by Gasteiger charge is 2.62. The van der Waals surface area contributed by atoms with Crippen LogP contribution in [0.2, 0.25) is 0 Å². The van der Waals surface area contributed by atoms with Gasteiger partial charge in [-0.15, -0.1) is 26.3 Å². The van der Waals surface area contributed by atoms with Gasteiger partial charge in [0.15, 0.2) is 0 Å². The Bertz CT molecular complexity index is 1400. The first-order chi connectivity index (χ1) is 27.4. The SMILES string of the molecule is C=CCCCC(CNC(=O)N1CCC(OC2CCN(C(=O)NCC(CCCC=C)C(=O)NC3(C(=O)OCC)CC3C=C)C2)C1)C(=O)NC1(C(=O)OCC)CC1C=C. The van der Waals surface area contributed by atoms with Crippen molar-refractivity contribution < 1.29 is 43.0 Å². The Morgan fingerprint density at radius 2 is 1.09 bits per heavy atom. The summed E-state index contributed by atoms with van der Waals surface area (Å²) in [6.45, 7) is 20.8. The zero-order chi connectivity index (χ0) is 41.6. The molecule has 0 spiro atoms. The van der Waals surface area contributed by atoms with E-state index < -0.39 is 34.9 Å². The van der Waals surface area contributed by atoms with Crippen LogP contribution in [0.15, 0.2) is 50.6 Å². The predicted molar refractivity (Wildman–Crippen MR) is 215 cm³/mol. The van der Waals surface area contributed by atoms with E-state index in [1.807, 2.05) is 0 Å². The van der Waals surface area contributed by atoms with Crippen LogP contribution in [0.1, 0.15) is 78.1 Å². The second-order valence-corrected chi connectivity index (χ2v) is 15.5. The van der Waals surface area contributed by atoms with E-state index in [1.54, 1.807) is 48.0 Å². The van der Waals surface area contributed by atoms with E-state index in [9.17, 15) is 28.8 Å². The number of likely N-dealkylation sites (tertiary alicyclic amines) is 2. The zero-order valence-corrected chi connectivity index (χ0v) is 33.9. The van der Waals surface area contributed by atoms with Crippen LogP contribution in [0, 0.1) is 23.7 Å². The molecule has 2 saturated heterocycles. The number of unbranched alkanes of at least 4 members (excludes halogenated alkanes) is 2. The molecular weight excluding hydrogens is 732 g/mol. The number of nitrogens with one attached hydrogen (secondary N) is 4. The predicted octanol–water partition coefficient (Wildman–Crippen LogP) is 3.76. The maximum atomic E-state index is 13.5. The number of allylic oxidation sites excluding steroid dienone is 2. The van der Waals surface area contributed by atoms with Gasteiger partial charge < -0.3 is 45.3 Å². The molecule has 0 bridgehead atoms. The minimum atomic E-state index is -1.11. The molecule has 0 aromatic carbocycles. The third kappa shape index (κ3) is 11.7. The highest BCUT2D eigenvalue weighted by atomic mass is 16.5. The monoisotopic (exact) mass is 796 g/mol. The Kier molecular flexibility index (Phi) is 16.8. The Hall–Kier alpha value is -4.66. The van der Waals surface area contributed by atoms with E-state index >= 15 is 0 Å². The van der Waals surface area contributed by atoms with Gasteiger partial charge in [-0.3, -0.25) is 9.59 Å². The summed E-state index contributed by atoms with van der Waals surface area (Å²) in [4.78, 5) is 82.2. The maximum Gasteiger partial charge on any atom is 0.332 e. The lowest BCUT2D eigenvalue weighted by Crippen LogP contribution is -2.50. The summed E-state index contributed by atoms with van der Waals surface area (Å²) in [5, 5.41) is 11.7. The topological polar surface area (TPSA) is 185 Å². The number of carbonyl (C=O) groups excluding carboxylic acids is 6. The largest absolute Gasteiger partial charge is 0.464 e. The third-order valence-corrected chi connectivity index (χ3v) is 11.5. The molecule has 15 heteroatoms. The highest BCUT2D eigenvalue weighted by molar-refractivity contribution is 5.93. The fourth-order valence-corrected chi connectivity index (χ4v) is 7.80. The fraction of sp³-hybridized carbons (Fsp3) is 0.667. The van der Waals surface area contributed by atoms with Crippen LogP contribution in [0.4, 0.5) is 9.59 Å². The van der Waals surface area contributed by atoms with E-state index in [0.717, 1.165) is 0 Å². The molecule has 0 aromatic heterocycles. The second-order valence-electron chi connectivity index (χ2n) is 15.5. The van der Waals surface area contributed by atoms with Gasteiger partial charge in [-0.2, -0.15) is 0 Å². The summed E-state index contributed by atoms with van der Waals surface area (Å²) in [6.07, 6.45) is 12.4. The first-order valence-corrected chi connectivity index (χ1v) is 20.6. The van der Waals surface area contributed by atoms with Crippen LogP contribution in [-0.4, -0.2) is 121 Å². The molecule has 0 aromatic rings. The summed E-state index contributed by atoms with van der Waals surface area (Å²) >= 11 is 0. The van der Waals surface area contributed by atoms with Gasteiger partial charge in [0.05, 0.1) is 37.3 Å². The molecule has 2 heterocycles. The average molecular weight is 797 g/mol. The van der Waals surface area contributed by atoms with Crippen molar-refractivity contribution >= 4 is 35.8 Å². The Morgan fingerprint density at radius 3 is 1.42 bits per heavy atom. The van der Waals surface area contributed by atoms with Crippen molar-refractivity contribution in [2.45, 2.75) is 101 Å². The average Bonchev–Trinajstić information content (AvgIpc) is 3.94. The number of carbonyl (C=O) groups is 6. The molecule has 316 valence electrons. The number of hydrogen-bond acceptors (Lipinski definition) is 9. The smallest absolute Gasteiger partial charge is 0.332 e. The lowest BCUT2D eigenvalue weighted by atomic mass is 9.99. The van der Waals surface area contributed by atoms with Crippen LogP contribution in [0.3, 0.4) is 0 Å². The Morgan fingerprint density at radius 1 is 0.684 bits per heavy atom. The summed E-state index contributed by atoms with van der Waals surface area (Å²) in [5.41, 5.74) is -2.23. The van der Waals surface area contributed by atoms with Gasteiger partial charge >= 0.3 is 24.0 Å². The number of rotatable bonds is 24. The van der Waals surface area contributed by atoms with Crippen molar-refractivity contribution in [2.75, 3.05) is 52.5 Å². The minimum absolute atomic E-state index is 0.104. The molecule has 6 amide bonds. The van der Waals surface area contributed by atoms with Gasteiger partial charge in [0.2, 0.25) is 11.8 Å². The van der Waals surface area contributed by atoms with Crippen molar-refractivity contribution in [3.8, 4) is 0 Å². The van der Waals surface area contributed by atoms with Crippen molar-refractivity contribution in [1.82, 2.24) is 31.1 Å². The fourth-order valence-electron chi connectivity index (χ4n) is 7.80. The first-order valence-electron chi connectivity index (χ1n) is 20.6. The second kappa shape index (κ2) is 21.2. The van der Waals surface area contributed by atoms with E-state index in [1.165, 1.54) is 0 Å². The molecule has 8 unspecified atom stereocenters. The molecule has 2 aliphatic heterocycles. The molecule has 4 fully saturated rings. The van der Waals surface area contributed by atoms with E-state index in [2.05, 4.69) is 47.6 Å². The quantitative estimate of drug-likeness (QED) is 0.0642. The van der Waals surface area contributed by atoms with Gasteiger partial charge in [0.25, 0.3) is 0 Å². The van der Waals surface area contributed by atoms with Crippen molar-refractivity contribution in [3.05, 3.63) is 50.6 Å². The zero-order valence-electron chi connectivity index (χ0n) is 33.9. The lowest BCUT2D eigenvalue weighted by Gasteiger charge is -2.24. The number of ether oxygens (including phenoxy) is 3. The maximum absolute atomic E-state index is 13.5. The number of urea groups is 2. The summed E-state index contributed by atoms with van der Waals surface area (Å²) in [5.74, 6) is -3.11. The number of esters is 2. The highest BCUT2D eigenvalue weighted by Crippen LogP contribution is 2.46. The normalized spacial score (nSPS) is 26.9. The molecule has 57 heavy (non-hydrogen) atoms. The lowest BCUT2D eigenvalue weighted by molar-refractivity contribution is -0.150. The number of nitrogens with zero attached hydrogens (tertiary/aromatic N) is 2. The molecule has 15 nitrogen and oxygen atoms in total. The van der Waals surface area contributed by atoms with E-state index in [0.29, 0.717) is 90.4 Å². The number of amides is 6. The van der Waals surface area contributed by atoms with Crippen molar-refractivity contribution in [1.29, 1.82) is 0 Å². The van der Waals surface area contributed by atoms with Crippen LogP contribution in [0.5, 0.6) is 0 Å². The van der Waals surface area contributed by atoms with E-state index in [-0.39, 0.29) is 74.2 Å². The Balaban J connectivity index is 1.23. The standard InChI is InChI=1S/C42H64N6O9/c1-7-13-15-17-29(35(49)45-41(23-31(41)9-3)37(51)55-11-5)25-43-39(53)47-21-19-33(27-47)57-34-20-22-48(28-34)40(54)44-26-30(18-16-14-8-2)36(50)46-42(24-32(42)10-4)38(52)56-12-6/h7-10,29-34H,1-4,11-28H2,5-6H3,(H,43,53)(H,44,54)(H,45,49)(H,46,50). The molecule has 4 N–H and O–H groups in total. The van der Waals surface area contributed by atoms with Gasteiger partial charge in [-0.05, 0) is 78.1 Å². The first kappa shape index (κ1) is 45.0. The Labute approximate surface area is 337 Å². The van der Waals surface area contributed by atoms with Gasteiger partial charge in [-0.25, -0.2) is 19.2 Å². The van der Waals surface area contributed by atoms with Gasteiger partial charge in [0, 0.05) is 51.1 Å². The minimum Gasteiger partial charge on any atom is -0.464 e. The molecule has 4 aliphatic rings. The van der Waals surface area contributed by atoms with Crippen LogP contribution >= 0.6 is 0 Å². The summed E-state index contributed by atoms with van der Waals surface area (Å²) in [6, 6.07) is -0.598. The van der Waals surface area contributed by atoms with E-state index in [4.69, 9.17) is 14.2 Å². The molecule has 2 aliphatic carbocycles. The van der Waals surface area contributed by atoms with Crippen molar-refractivity contribution in [2.24, 2.45) is 23.7 Å². The van der Waals surface area contributed by atoms with Crippen LogP contribution in [0.25, 0.3) is 0 Å². The van der Waals surface area contributed by atoms with Crippen molar-refractivity contribution in [3.63, 3.8) is 0 Å². The summed E-state index contributed by atoms with van der Waals surface area (Å²) < 4.78 is 16.8. The molecule has 0 radical (unpaired) electrons. The van der Waals surface area contributed by atoms with Crippen LogP contribution < -0.4 is 21.3 Å². The van der Waals surface area contributed by atoms with Gasteiger partial charge in [-0.1, -0.05) is 24.3 Å². The third-order valence-electron chi connectivity index (χ3n) is 11.5.